The molecule has 0 bridgehead atoms. The summed E-state index contributed by atoms with van der Waals surface area (Å²) in [6, 6.07) is 0. The smallest absolute Gasteiger partial charge is 0.462 e. The van der Waals surface area contributed by atoms with Gasteiger partial charge < -0.3 is 45.0 Å². The third-order valence-electron chi connectivity index (χ3n) is 10.5. The van der Waals surface area contributed by atoms with E-state index in [1.165, 1.54) is 38.5 Å². The van der Waals surface area contributed by atoms with Crippen LogP contribution in [-0.4, -0.2) is 110 Å². The van der Waals surface area contributed by atoms with Crippen LogP contribution < -0.4 is 0 Å². The third kappa shape index (κ3) is 31.7. The molecular formula is C51H83O14P. The highest BCUT2D eigenvalue weighted by Gasteiger charge is 2.51. The van der Waals surface area contributed by atoms with E-state index in [1.807, 2.05) is 18.2 Å². The highest BCUT2D eigenvalue weighted by molar-refractivity contribution is 7.47. The fourth-order valence-corrected chi connectivity index (χ4v) is 7.49. The number of esters is 2. The van der Waals surface area contributed by atoms with E-state index in [2.05, 4.69) is 74.6 Å². The number of allylic oxidation sites excluding steroid dienone is 14. The van der Waals surface area contributed by atoms with Gasteiger partial charge in [-0.3, -0.25) is 18.6 Å². The summed E-state index contributed by atoms with van der Waals surface area (Å²) < 4.78 is 33.4. The first-order valence-electron chi connectivity index (χ1n) is 24.1. The predicted molar refractivity (Wildman–Crippen MR) is 259 cm³/mol. The number of carbonyl (C=O) groups excluding carboxylic acids is 2. The van der Waals surface area contributed by atoms with E-state index in [4.69, 9.17) is 18.5 Å². The second kappa shape index (κ2) is 39.7. The number of unbranched alkanes of at least 4 members (excludes halogenated alkanes) is 10. The Morgan fingerprint density at radius 3 is 1.56 bits per heavy atom. The van der Waals surface area contributed by atoms with Crippen LogP contribution in [0.25, 0.3) is 0 Å². The van der Waals surface area contributed by atoms with Gasteiger partial charge in [-0.15, -0.1) is 0 Å². The largest absolute Gasteiger partial charge is 0.472 e. The molecule has 0 aromatic rings. The van der Waals surface area contributed by atoms with Crippen LogP contribution in [0.15, 0.2) is 97.2 Å². The SMILES string of the molecule is CCCCC/C=C\C/C=C\C/C=C\C/C=C\CCCCCC(=O)O[C@H](COC(=O)CCC/C=C/C=C\C(O)C/C=C\C/C=C\CCCCC)COP(=O)(O)OC1[C@H](O)[C@H](O)C(O)[C@H](O)[C@H]1O. The van der Waals surface area contributed by atoms with Crippen molar-refractivity contribution in [2.45, 2.75) is 198 Å². The maximum atomic E-state index is 12.8. The second-order valence-electron chi connectivity index (χ2n) is 16.5. The maximum Gasteiger partial charge on any atom is 0.472 e. The lowest BCUT2D eigenvalue weighted by Crippen LogP contribution is -2.64. The van der Waals surface area contributed by atoms with Crippen molar-refractivity contribution in [1.29, 1.82) is 0 Å². The average molecular weight is 951 g/mol. The molecule has 0 aromatic heterocycles. The molecule has 1 fully saturated rings. The molecule has 0 aromatic carbocycles. The quantitative estimate of drug-likeness (QED) is 0.0101. The first-order chi connectivity index (χ1) is 31.8. The van der Waals surface area contributed by atoms with E-state index in [9.17, 15) is 49.7 Å². The molecule has 0 heterocycles. The zero-order chi connectivity index (χ0) is 48.7. The number of ether oxygens (including phenoxy) is 2. The average Bonchev–Trinajstić information content (AvgIpc) is 3.29. The number of carbonyl (C=O) groups is 2. The molecule has 7 N–H and O–H groups in total. The van der Waals surface area contributed by atoms with Crippen molar-refractivity contribution >= 4 is 19.8 Å². The van der Waals surface area contributed by atoms with Crippen molar-refractivity contribution in [1.82, 2.24) is 0 Å². The molecule has 0 radical (unpaired) electrons. The van der Waals surface area contributed by atoms with Gasteiger partial charge in [0.05, 0.1) is 12.7 Å². The standard InChI is InChI=1S/C51H83O14P/c1-3-5-7-9-11-13-14-15-16-17-18-19-20-21-22-24-26-30-35-39-45(54)64-43(41-63-66(60,61)65-51-49(58)47(56)46(55)48(57)50(51)59)40-62-44(53)38-34-31-27-29-33-37-42(52)36-32-28-25-23-12-10-8-6-4-2/h11-13,15-16,18-19,21-23,27-29,32-33,37,42-43,46-52,55-59H,3-10,14,17,20,24-26,30-31,34-36,38-41H2,1-2H3,(H,60,61)/b13-11-,16-15-,19-18-,22-21-,23-12-,29-27+,32-28-,37-33-/t42?,43-,46?,47-,48+,49-,50-,51?/m1/s1. The van der Waals surface area contributed by atoms with Crippen molar-refractivity contribution in [3.05, 3.63) is 97.2 Å². The van der Waals surface area contributed by atoms with Crippen LogP contribution in [0.5, 0.6) is 0 Å². The molecule has 66 heavy (non-hydrogen) atoms. The molecule has 14 nitrogen and oxygen atoms in total. The van der Waals surface area contributed by atoms with Crippen LogP contribution in [0.4, 0.5) is 0 Å². The summed E-state index contributed by atoms with van der Waals surface area (Å²) in [5, 5.41) is 60.3. The predicted octanol–water partition coefficient (Wildman–Crippen LogP) is 8.80. The minimum absolute atomic E-state index is 0.0189. The summed E-state index contributed by atoms with van der Waals surface area (Å²) in [7, 11) is -5.17. The van der Waals surface area contributed by atoms with Crippen LogP contribution in [0.1, 0.15) is 149 Å². The molecule has 4 unspecified atom stereocenters. The Hall–Kier alpha value is -3.27. The molecule has 1 aliphatic carbocycles. The zero-order valence-electron chi connectivity index (χ0n) is 39.6. The normalized spacial score (nSPS) is 22.6. The Bertz CT molecular complexity index is 1540. The van der Waals surface area contributed by atoms with Crippen molar-refractivity contribution in [2.24, 2.45) is 0 Å². The second-order valence-corrected chi connectivity index (χ2v) is 17.9. The number of aliphatic hydroxyl groups is 6. The van der Waals surface area contributed by atoms with Crippen LogP contribution >= 0.6 is 7.82 Å². The first kappa shape index (κ1) is 60.7. The molecule has 9 atom stereocenters. The summed E-state index contributed by atoms with van der Waals surface area (Å²) in [5.74, 6) is -1.28. The molecule has 15 heteroatoms. The van der Waals surface area contributed by atoms with E-state index in [1.54, 1.807) is 18.2 Å². The number of rotatable bonds is 38. The summed E-state index contributed by atoms with van der Waals surface area (Å²) in [6.45, 7) is 3.08. The Balaban J connectivity index is 2.56. The fraction of sp³-hybridized carbons (Fsp3) is 0.647. The summed E-state index contributed by atoms with van der Waals surface area (Å²) in [4.78, 5) is 35.7. The van der Waals surface area contributed by atoms with E-state index < -0.39 is 81.8 Å². The Morgan fingerprint density at radius 2 is 1.02 bits per heavy atom. The molecule has 376 valence electrons. The minimum atomic E-state index is -5.17. The summed E-state index contributed by atoms with van der Waals surface area (Å²) in [6.07, 6.45) is 36.2. The van der Waals surface area contributed by atoms with Crippen LogP contribution in [-0.2, 0) is 32.7 Å². The number of hydrogen-bond donors (Lipinski definition) is 7. The van der Waals surface area contributed by atoms with Crippen LogP contribution in [0.2, 0.25) is 0 Å². The van der Waals surface area contributed by atoms with Gasteiger partial charge in [0.2, 0.25) is 0 Å². The van der Waals surface area contributed by atoms with E-state index >= 15 is 0 Å². The van der Waals surface area contributed by atoms with Gasteiger partial charge in [0.15, 0.2) is 6.10 Å². The Labute approximate surface area is 394 Å². The number of phosphoric acid groups is 1. The van der Waals surface area contributed by atoms with Gasteiger partial charge in [0.25, 0.3) is 0 Å². The van der Waals surface area contributed by atoms with E-state index in [0.717, 1.165) is 57.8 Å². The molecule has 1 saturated carbocycles. The summed E-state index contributed by atoms with van der Waals surface area (Å²) in [5.41, 5.74) is 0. The maximum absolute atomic E-state index is 12.8. The minimum Gasteiger partial charge on any atom is -0.462 e. The highest BCUT2D eigenvalue weighted by atomic mass is 31.2. The van der Waals surface area contributed by atoms with Gasteiger partial charge in [0.1, 0.15) is 43.2 Å². The number of aliphatic hydroxyl groups excluding tert-OH is 6. The molecule has 0 spiro atoms. The van der Waals surface area contributed by atoms with Crippen LogP contribution in [0, 0.1) is 0 Å². The van der Waals surface area contributed by atoms with Crippen LogP contribution in [0.3, 0.4) is 0 Å². The lowest BCUT2D eigenvalue weighted by Gasteiger charge is -2.41. The van der Waals surface area contributed by atoms with Crippen molar-refractivity contribution in [3.63, 3.8) is 0 Å². The van der Waals surface area contributed by atoms with Gasteiger partial charge in [0, 0.05) is 12.8 Å². The number of phosphoric ester groups is 1. The lowest BCUT2D eigenvalue weighted by molar-refractivity contribution is -0.220. The third-order valence-corrected chi connectivity index (χ3v) is 11.5. The highest BCUT2D eigenvalue weighted by Crippen LogP contribution is 2.47. The van der Waals surface area contributed by atoms with Gasteiger partial charge in [-0.1, -0.05) is 143 Å². The van der Waals surface area contributed by atoms with Gasteiger partial charge in [-0.2, -0.15) is 0 Å². The molecular weight excluding hydrogens is 868 g/mol. The molecule has 0 amide bonds. The molecule has 0 aliphatic heterocycles. The number of hydrogen-bond acceptors (Lipinski definition) is 13. The molecule has 1 aliphatic rings. The van der Waals surface area contributed by atoms with Gasteiger partial charge in [-0.25, -0.2) is 4.57 Å². The van der Waals surface area contributed by atoms with Crippen molar-refractivity contribution < 1.29 is 68.2 Å². The monoisotopic (exact) mass is 951 g/mol. The Kier molecular flexibility index (Phi) is 36.5. The fourth-order valence-electron chi connectivity index (χ4n) is 6.52. The molecule has 1 rings (SSSR count). The van der Waals surface area contributed by atoms with Gasteiger partial charge in [-0.05, 0) is 89.9 Å². The van der Waals surface area contributed by atoms with Crippen molar-refractivity contribution in [2.75, 3.05) is 13.2 Å². The molecule has 0 saturated heterocycles. The van der Waals surface area contributed by atoms with Gasteiger partial charge >= 0.3 is 19.8 Å². The summed E-state index contributed by atoms with van der Waals surface area (Å²) >= 11 is 0. The van der Waals surface area contributed by atoms with E-state index in [0.29, 0.717) is 25.7 Å². The van der Waals surface area contributed by atoms with Crippen molar-refractivity contribution in [3.8, 4) is 0 Å². The first-order valence-corrected chi connectivity index (χ1v) is 25.6. The topological polar surface area (TPSA) is 230 Å². The lowest BCUT2D eigenvalue weighted by atomic mass is 9.85. The Morgan fingerprint density at radius 1 is 0.545 bits per heavy atom. The van der Waals surface area contributed by atoms with E-state index in [-0.39, 0.29) is 12.8 Å². The zero-order valence-corrected chi connectivity index (χ0v) is 40.4.